The number of carbonyl (C=O) groups is 2. The predicted octanol–water partition coefficient (Wildman–Crippen LogP) is 4.77. The molecule has 0 saturated heterocycles. The highest BCUT2D eigenvalue weighted by Gasteiger charge is 2.21. The van der Waals surface area contributed by atoms with E-state index in [0.717, 1.165) is 17.5 Å². The Morgan fingerprint density at radius 3 is 2.21 bits per heavy atom. The van der Waals surface area contributed by atoms with Crippen LogP contribution in [0.5, 0.6) is 0 Å². The minimum Gasteiger partial charge on any atom is -0.466 e. The van der Waals surface area contributed by atoms with E-state index in [2.05, 4.69) is 41.7 Å². The first-order valence-electron chi connectivity index (χ1n) is 10.1. The number of carbonyl (C=O) groups excluding carboxylic acids is 2. The molecule has 0 aromatic heterocycles. The lowest BCUT2D eigenvalue weighted by Gasteiger charge is -2.22. The molecular weight excluding hydrogens is 350 g/mol. The van der Waals surface area contributed by atoms with Crippen molar-refractivity contribution < 1.29 is 14.3 Å². The zero-order valence-corrected chi connectivity index (χ0v) is 17.1. The summed E-state index contributed by atoms with van der Waals surface area (Å²) in [6.07, 6.45) is 2.55. The van der Waals surface area contributed by atoms with E-state index in [1.165, 1.54) is 5.56 Å². The molecule has 2 aromatic rings. The molecule has 4 nitrogen and oxygen atoms in total. The van der Waals surface area contributed by atoms with Gasteiger partial charge in [-0.05, 0) is 42.9 Å². The summed E-state index contributed by atoms with van der Waals surface area (Å²) in [5, 5.41) is 3.09. The highest BCUT2D eigenvalue weighted by Crippen LogP contribution is 2.21. The molecule has 0 aliphatic heterocycles. The summed E-state index contributed by atoms with van der Waals surface area (Å²) >= 11 is 0. The fourth-order valence-electron chi connectivity index (χ4n) is 3.28. The SMILES string of the molecule is CCCC(=O)NC(Cc1ccc(-c2ccccc2)cc1)C[C@@H](C)C(=O)OCC. The van der Waals surface area contributed by atoms with Crippen molar-refractivity contribution in [3.8, 4) is 11.1 Å². The Kier molecular flexibility index (Phi) is 8.73. The van der Waals surface area contributed by atoms with Crippen molar-refractivity contribution >= 4 is 11.9 Å². The third kappa shape index (κ3) is 6.84. The van der Waals surface area contributed by atoms with Crippen LogP contribution in [0, 0.1) is 5.92 Å². The number of esters is 1. The Morgan fingerprint density at radius 2 is 1.61 bits per heavy atom. The lowest BCUT2D eigenvalue weighted by atomic mass is 9.94. The van der Waals surface area contributed by atoms with Gasteiger partial charge in [0.2, 0.25) is 5.91 Å². The number of nitrogens with one attached hydrogen (secondary N) is 1. The zero-order valence-electron chi connectivity index (χ0n) is 17.1. The van der Waals surface area contributed by atoms with E-state index in [0.29, 0.717) is 25.9 Å². The van der Waals surface area contributed by atoms with Gasteiger partial charge in [-0.2, -0.15) is 0 Å². The molecule has 2 atom stereocenters. The lowest BCUT2D eigenvalue weighted by molar-refractivity contribution is -0.148. The summed E-state index contributed by atoms with van der Waals surface area (Å²) < 4.78 is 5.12. The highest BCUT2D eigenvalue weighted by atomic mass is 16.5. The van der Waals surface area contributed by atoms with Crippen LogP contribution in [0.1, 0.15) is 45.6 Å². The second-order valence-electron chi connectivity index (χ2n) is 7.17. The maximum Gasteiger partial charge on any atom is 0.308 e. The van der Waals surface area contributed by atoms with Crippen molar-refractivity contribution in [1.29, 1.82) is 0 Å². The Labute approximate surface area is 168 Å². The van der Waals surface area contributed by atoms with Gasteiger partial charge in [0, 0.05) is 12.5 Å². The first-order chi connectivity index (χ1) is 13.5. The molecule has 0 heterocycles. The molecule has 0 aliphatic carbocycles. The minimum atomic E-state index is -0.254. The molecule has 0 radical (unpaired) electrons. The van der Waals surface area contributed by atoms with E-state index in [1.54, 1.807) is 6.92 Å². The molecule has 150 valence electrons. The van der Waals surface area contributed by atoms with Crippen molar-refractivity contribution in [1.82, 2.24) is 5.32 Å². The van der Waals surface area contributed by atoms with Gasteiger partial charge in [-0.15, -0.1) is 0 Å². The van der Waals surface area contributed by atoms with Crippen molar-refractivity contribution in [2.24, 2.45) is 5.92 Å². The van der Waals surface area contributed by atoms with Gasteiger partial charge in [-0.25, -0.2) is 0 Å². The molecule has 0 spiro atoms. The van der Waals surface area contributed by atoms with Gasteiger partial charge >= 0.3 is 5.97 Å². The van der Waals surface area contributed by atoms with Gasteiger partial charge in [0.05, 0.1) is 12.5 Å². The van der Waals surface area contributed by atoms with E-state index in [4.69, 9.17) is 4.74 Å². The predicted molar refractivity (Wildman–Crippen MR) is 113 cm³/mol. The zero-order chi connectivity index (χ0) is 20.4. The Morgan fingerprint density at radius 1 is 0.964 bits per heavy atom. The van der Waals surface area contributed by atoms with Crippen LogP contribution in [0.2, 0.25) is 0 Å². The van der Waals surface area contributed by atoms with Crippen molar-refractivity contribution in [2.45, 2.75) is 52.5 Å². The number of hydrogen-bond acceptors (Lipinski definition) is 3. The second-order valence-corrected chi connectivity index (χ2v) is 7.17. The van der Waals surface area contributed by atoms with Crippen LogP contribution >= 0.6 is 0 Å². The van der Waals surface area contributed by atoms with Crippen molar-refractivity contribution in [3.05, 3.63) is 60.2 Å². The third-order valence-electron chi connectivity index (χ3n) is 4.71. The number of ether oxygens (including phenoxy) is 1. The van der Waals surface area contributed by atoms with Crippen molar-refractivity contribution in [3.63, 3.8) is 0 Å². The average Bonchev–Trinajstić information content (AvgIpc) is 2.69. The quantitative estimate of drug-likeness (QED) is 0.603. The molecule has 1 unspecified atom stereocenters. The van der Waals surface area contributed by atoms with Crippen LogP contribution in [0.25, 0.3) is 11.1 Å². The molecule has 2 aromatic carbocycles. The lowest BCUT2D eigenvalue weighted by Crippen LogP contribution is -2.38. The molecule has 0 fully saturated rings. The number of hydrogen-bond donors (Lipinski definition) is 1. The van der Waals surface area contributed by atoms with Gasteiger partial charge in [-0.3, -0.25) is 9.59 Å². The molecule has 2 rings (SSSR count). The fourth-order valence-corrected chi connectivity index (χ4v) is 3.28. The highest BCUT2D eigenvalue weighted by molar-refractivity contribution is 5.76. The number of amides is 1. The first-order valence-corrected chi connectivity index (χ1v) is 10.1. The summed E-state index contributed by atoms with van der Waals surface area (Å²) in [5.74, 6) is -0.434. The van der Waals surface area contributed by atoms with Gasteiger partial charge in [0.15, 0.2) is 0 Å². The minimum absolute atomic E-state index is 0.0319. The summed E-state index contributed by atoms with van der Waals surface area (Å²) in [5.41, 5.74) is 3.48. The summed E-state index contributed by atoms with van der Waals surface area (Å²) in [4.78, 5) is 24.1. The molecule has 1 N–H and O–H groups in total. The molecule has 0 saturated carbocycles. The third-order valence-corrected chi connectivity index (χ3v) is 4.71. The van der Waals surface area contributed by atoms with Gasteiger partial charge in [0.1, 0.15) is 0 Å². The Bertz CT molecular complexity index is 740. The average molecular weight is 382 g/mol. The molecule has 0 aliphatic rings. The van der Waals surface area contributed by atoms with Crippen LogP contribution in [-0.4, -0.2) is 24.5 Å². The van der Waals surface area contributed by atoms with Crippen LogP contribution in [0.4, 0.5) is 0 Å². The largest absolute Gasteiger partial charge is 0.466 e. The van der Waals surface area contributed by atoms with E-state index >= 15 is 0 Å². The smallest absolute Gasteiger partial charge is 0.308 e. The topological polar surface area (TPSA) is 55.4 Å². The fraction of sp³-hybridized carbons (Fsp3) is 0.417. The first kappa shape index (κ1) is 21.7. The summed E-state index contributed by atoms with van der Waals surface area (Å²) in [6.45, 7) is 6.02. The Balaban J connectivity index is 2.07. The van der Waals surface area contributed by atoms with E-state index < -0.39 is 0 Å². The van der Waals surface area contributed by atoms with Crippen LogP contribution < -0.4 is 5.32 Å². The van der Waals surface area contributed by atoms with Gasteiger partial charge < -0.3 is 10.1 Å². The second kappa shape index (κ2) is 11.3. The molecular formula is C24H31NO3. The van der Waals surface area contributed by atoms with Crippen LogP contribution in [0.15, 0.2) is 54.6 Å². The van der Waals surface area contributed by atoms with E-state index in [1.807, 2.05) is 32.0 Å². The summed E-state index contributed by atoms with van der Waals surface area (Å²) in [6, 6.07) is 18.5. The maximum atomic E-state index is 12.1. The van der Waals surface area contributed by atoms with Crippen LogP contribution in [0.3, 0.4) is 0 Å². The standard InChI is InChI=1S/C24H31NO3/c1-4-9-23(26)25-22(16-18(3)24(27)28-5-2)17-19-12-14-21(15-13-19)20-10-7-6-8-11-20/h6-8,10-15,18,22H,4-5,9,16-17H2,1-3H3,(H,25,26)/t18-,22?/m1/s1. The molecule has 0 bridgehead atoms. The monoisotopic (exact) mass is 381 g/mol. The summed E-state index contributed by atoms with van der Waals surface area (Å²) in [7, 11) is 0. The maximum absolute atomic E-state index is 12.1. The molecule has 1 amide bonds. The van der Waals surface area contributed by atoms with Gasteiger partial charge in [-0.1, -0.05) is 68.4 Å². The normalized spacial score (nSPS) is 12.8. The number of rotatable bonds is 10. The van der Waals surface area contributed by atoms with E-state index in [-0.39, 0.29) is 23.8 Å². The van der Waals surface area contributed by atoms with Crippen molar-refractivity contribution in [2.75, 3.05) is 6.61 Å². The van der Waals surface area contributed by atoms with Gasteiger partial charge in [0.25, 0.3) is 0 Å². The Hall–Kier alpha value is -2.62. The number of benzene rings is 2. The van der Waals surface area contributed by atoms with E-state index in [9.17, 15) is 9.59 Å². The molecule has 4 heteroatoms. The molecule has 28 heavy (non-hydrogen) atoms. The van der Waals surface area contributed by atoms with Crippen LogP contribution in [-0.2, 0) is 20.7 Å².